The summed E-state index contributed by atoms with van der Waals surface area (Å²) in [7, 11) is 1.63. The minimum Gasteiger partial charge on any atom is -0.497 e. The van der Waals surface area contributed by atoms with E-state index in [1.54, 1.807) is 31.4 Å². The van der Waals surface area contributed by atoms with E-state index < -0.39 is 0 Å². The molecule has 8 heteroatoms. The quantitative estimate of drug-likeness (QED) is 0.449. The molecule has 3 aromatic rings. The summed E-state index contributed by atoms with van der Waals surface area (Å²) in [5.41, 5.74) is 2.01. The Morgan fingerprint density at radius 3 is 2.53 bits per heavy atom. The molecular formula is C26H26N2O5S. The van der Waals surface area contributed by atoms with Crippen LogP contribution in [-0.4, -0.2) is 44.4 Å². The number of rotatable bonds is 9. The number of methoxy groups -OCH3 is 1. The summed E-state index contributed by atoms with van der Waals surface area (Å²) in [6, 6.07) is 20.3. The summed E-state index contributed by atoms with van der Waals surface area (Å²) in [6.45, 7) is 1.53. The van der Waals surface area contributed by atoms with E-state index in [4.69, 9.17) is 14.2 Å². The highest BCUT2D eigenvalue weighted by Crippen LogP contribution is 2.34. The van der Waals surface area contributed by atoms with Crippen LogP contribution in [0.3, 0.4) is 0 Å². The molecule has 1 aliphatic rings. The van der Waals surface area contributed by atoms with Gasteiger partial charge in [-0.1, -0.05) is 24.3 Å². The number of hydrogen-bond donors (Lipinski definition) is 2. The zero-order valence-electron chi connectivity index (χ0n) is 18.8. The number of carbonyl (C=O) groups excluding carboxylic acids is 2. The minimum absolute atomic E-state index is 0.196. The maximum atomic E-state index is 12.7. The van der Waals surface area contributed by atoms with Crippen molar-refractivity contribution < 1.29 is 23.8 Å². The van der Waals surface area contributed by atoms with Gasteiger partial charge in [-0.2, -0.15) is 0 Å². The molecule has 0 saturated heterocycles. The van der Waals surface area contributed by atoms with E-state index in [-0.39, 0.29) is 17.6 Å². The molecule has 176 valence electrons. The second-order valence-corrected chi connectivity index (χ2v) is 8.59. The number of thioether (sulfide) groups is 1. The van der Waals surface area contributed by atoms with Crippen LogP contribution >= 0.6 is 11.8 Å². The number of anilines is 1. The highest BCUT2D eigenvalue weighted by molar-refractivity contribution is 8.00. The number of para-hydroxylation sites is 1. The number of benzene rings is 3. The first kappa shape index (κ1) is 23.5. The van der Waals surface area contributed by atoms with Crippen molar-refractivity contribution in [3.63, 3.8) is 0 Å². The van der Waals surface area contributed by atoms with Crippen molar-refractivity contribution in [3.8, 4) is 17.2 Å². The van der Waals surface area contributed by atoms with Gasteiger partial charge in [0.15, 0.2) is 11.5 Å². The molecule has 0 spiro atoms. The van der Waals surface area contributed by atoms with E-state index >= 15 is 0 Å². The maximum Gasteiger partial charge on any atom is 0.253 e. The van der Waals surface area contributed by atoms with Crippen molar-refractivity contribution in [2.75, 3.05) is 37.9 Å². The third kappa shape index (κ3) is 6.23. The Bertz CT molecular complexity index is 1150. The van der Waals surface area contributed by atoms with Crippen LogP contribution in [0.2, 0.25) is 0 Å². The van der Waals surface area contributed by atoms with Crippen molar-refractivity contribution in [2.45, 2.75) is 11.3 Å². The fraction of sp³-hybridized carbons (Fsp3) is 0.231. The third-order valence-electron chi connectivity index (χ3n) is 5.19. The SMILES string of the molecule is COc1ccc(CCNC(=O)c2ccccc2NC(=O)CSc2ccc3c(c2)OCCO3)cc1. The number of fused-ring (bicyclic) bond motifs is 1. The minimum atomic E-state index is -0.232. The molecule has 0 radical (unpaired) electrons. The van der Waals surface area contributed by atoms with E-state index in [1.807, 2.05) is 42.5 Å². The van der Waals surface area contributed by atoms with Gasteiger partial charge in [0.2, 0.25) is 5.91 Å². The molecule has 2 amide bonds. The molecule has 0 fully saturated rings. The highest BCUT2D eigenvalue weighted by atomic mass is 32.2. The van der Waals surface area contributed by atoms with Crippen molar-refractivity contribution in [2.24, 2.45) is 0 Å². The number of ether oxygens (including phenoxy) is 3. The van der Waals surface area contributed by atoms with Crippen molar-refractivity contribution in [3.05, 3.63) is 77.9 Å². The molecule has 3 aromatic carbocycles. The van der Waals surface area contributed by atoms with Crippen LogP contribution in [0.25, 0.3) is 0 Å². The van der Waals surface area contributed by atoms with Gasteiger partial charge in [0.1, 0.15) is 19.0 Å². The molecule has 0 atom stereocenters. The summed E-state index contributed by atoms with van der Waals surface area (Å²) in [5, 5.41) is 5.78. The monoisotopic (exact) mass is 478 g/mol. The fourth-order valence-corrected chi connectivity index (χ4v) is 4.17. The van der Waals surface area contributed by atoms with Gasteiger partial charge in [-0.3, -0.25) is 9.59 Å². The van der Waals surface area contributed by atoms with Gasteiger partial charge in [0.25, 0.3) is 5.91 Å². The Morgan fingerprint density at radius 2 is 1.74 bits per heavy atom. The Hall–Kier alpha value is -3.65. The lowest BCUT2D eigenvalue weighted by molar-refractivity contribution is -0.113. The first-order valence-electron chi connectivity index (χ1n) is 10.9. The second kappa shape index (κ2) is 11.5. The maximum absolute atomic E-state index is 12.7. The number of hydrogen-bond acceptors (Lipinski definition) is 6. The van der Waals surface area contributed by atoms with Crippen LogP contribution in [0.4, 0.5) is 5.69 Å². The molecular weight excluding hydrogens is 452 g/mol. The van der Waals surface area contributed by atoms with E-state index in [0.717, 1.165) is 16.2 Å². The smallest absolute Gasteiger partial charge is 0.253 e. The first-order chi connectivity index (χ1) is 16.6. The molecule has 0 bridgehead atoms. The first-order valence-corrected chi connectivity index (χ1v) is 11.9. The van der Waals surface area contributed by atoms with Crippen molar-refractivity contribution in [1.29, 1.82) is 0 Å². The molecule has 0 saturated carbocycles. The van der Waals surface area contributed by atoms with Crippen molar-refractivity contribution >= 4 is 29.3 Å². The van der Waals surface area contributed by atoms with Crippen LogP contribution in [0.5, 0.6) is 17.2 Å². The lowest BCUT2D eigenvalue weighted by atomic mass is 10.1. The zero-order chi connectivity index (χ0) is 23.8. The Labute approximate surface area is 202 Å². The average molecular weight is 479 g/mol. The van der Waals surface area contributed by atoms with Gasteiger partial charge in [0.05, 0.1) is 24.1 Å². The van der Waals surface area contributed by atoms with Crippen LogP contribution in [0, 0.1) is 0 Å². The van der Waals surface area contributed by atoms with Gasteiger partial charge in [-0.25, -0.2) is 0 Å². The van der Waals surface area contributed by atoms with E-state index in [2.05, 4.69) is 10.6 Å². The van der Waals surface area contributed by atoms with Crippen LogP contribution < -0.4 is 24.8 Å². The van der Waals surface area contributed by atoms with Crippen LogP contribution in [0.15, 0.2) is 71.6 Å². The molecule has 1 heterocycles. The lowest BCUT2D eigenvalue weighted by Gasteiger charge is -2.18. The third-order valence-corrected chi connectivity index (χ3v) is 6.18. The Kier molecular flexibility index (Phi) is 7.93. The second-order valence-electron chi connectivity index (χ2n) is 7.54. The molecule has 2 N–H and O–H groups in total. The summed E-state index contributed by atoms with van der Waals surface area (Å²) in [4.78, 5) is 26.2. The van der Waals surface area contributed by atoms with Gasteiger partial charge in [-0.15, -0.1) is 11.8 Å². The summed E-state index contributed by atoms with van der Waals surface area (Å²) >= 11 is 1.39. The van der Waals surface area contributed by atoms with E-state index in [1.165, 1.54) is 11.8 Å². The van der Waals surface area contributed by atoms with Gasteiger partial charge < -0.3 is 24.8 Å². The number of nitrogens with one attached hydrogen (secondary N) is 2. The standard InChI is InChI=1S/C26H26N2O5S/c1-31-19-8-6-18(7-9-19)12-13-27-26(30)21-4-2-3-5-22(21)28-25(29)17-34-20-10-11-23-24(16-20)33-15-14-32-23/h2-11,16H,12-15,17H2,1H3,(H,27,30)(H,28,29). The summed E-state index contributed by atoms with van der Waals surface area (Å²) in [6.07, 6.45) is 0.691. The number of amides is 2. The Morgan fingerprint density at radius 1 is 0.971 bits per heavy atom. The number of carbonyl (C=O) groups is 2. The van der Waals surface area contributed by atoms with Crippen LogP contribution in [-0.2, 0) is 11.2 Å². The molecule has 1 aliphatic heterocycles. The van der Waals surface area contributed by atoms with Gasteiger partial charge >= 0.3 is 0 Å². The van der Waals surface area contributed by atoms with Gasteiger partial charge in [-0.05, 0) is 54.4 Å². The topological polar surface area (TPSA) is 85.9 Å². The molecule has 0 unspecified atom stereocenters. The molecule has 7 nitrogen and oxygen atoms in total. The van der Waals surface area contributed by atoms with Crippen molar-refractivity contribution in [1.82, 2.24) is 5.32 Å². The summed E-state index contributed by atoms with van der Waals surface area (Å²) in [5.74, 6) is 1.97. The highest BCUT2D eigenvalue weighted by Gasteiger charge is 2.15. The molecule has 0 aliphatic carbocycles. The molecule has 0 aromatic heterocycles. The molecule has 34 heavy (non-hydrogen) atoms. The van der Waals surface area contributed by atoms with E-state index in [9.17, 15) is 9.59 Å². The summed E-state index contributed by atoms with van der Waals surface area (Å²) < 4.78 is 16.3. The average Bonchev–Trinajstić information content (AvgIpc) is 2.88. The lowest BCUT2D eigenvalue weighted by Crippen LogP contribution is -2.27. The van der Waals surface area contributed by atoms with E-state index in [0.29, 0.717) is 48.9 Å². The molecule has 4 rings (SSSR count). The largest absolute Gasteiger partial charge is 0.497 e. The van der Waals surface area contributed by atoms with Crippen LogP contribution in [0.1, 0.15) is 15.9 Å². The van der Waals surface area contributed by atoms with Gasteiger partial charge in [0, 0.05) is 11.4 Å². The predicted molar refractivity (Wildman–Crippen MR) is 132 cm³/mol. The zero-order valence-corrected chi connectivity index (χ0v) is 19.7. The fourth-order valence-electron chi connectivity index (χ4n) is 3.45. The predicted octanol–water partition coefficient (Wildman–Crippen LogP) is 4.17. The Balaban J connectivity index is 1.29. The normalized spacial score (nSPS) is 12.0.